The van der Waals surface area contributed by atoms with Crippen molar-refractivity contribution in [1.82, 2.24) is 9.97 Å². The number of nitrogens with zero attached hydrogens (tertiary/aromatic N) is 3. The Morgan fingerprint density at radius 3 is 3.07 bits per heavy atom. The summed E-state index contributed by atoms with van der Waals surface area (Å²) in [6.07, 6.45) is 4.37. The number of piperidine rings is 1. The molecule has 2 atom stereocenters. The molecule has 0 bridgehead atoms. The summed E-state index contributed by atoms with van der Waals surface area (Å²) in [5.74, 6) is 1.47. The van der Waals surface area contributed by atoms with Gasteiger partial charge < -0.3 is 4.90 Å². The molecule has 15 heavy (non-hydrogen) atoms. The van der Waals surface area contributed by atoms with Crippen molar-refractivity contribution in [3.63, 3.8) is 0 Å². The maximum atomic E-state index is 6.19. The van der Waals surface area contributed by atoms with Gasteiger partial charge in [-0.2, -0.15) is 0 Å². The molecule has 2 unspecified atom stereocenters. The summed E-state index contributed by atoms with van der Waals surface area (Å²) in [7, 11) is 0. The molecule has 1 fully saturated rings. The van der Waals surface area contributed by atoms with Gasteiger partial charge in [-0.05, 0) is 28.3 Å². The van der Waals surface area contributed by atoms with Crippen LogP contribution in [-0.4, -0.2) is 28.4 Å². The van der Waals surface area contributed by atoms with Gasteiger partial charge in [0.05, 0.1) is 4.47 Å². The summed E-state index contributed by atoms with van der Waals surface area (Å²) in [6, 6.07) is 0. The van der Waals surface area contributed by atoms with E-state index in [0.29, 0.717) is 11.3 Å². The Morgan fingerprint density at radius 1 is 1.60 bits per heavy atom. The van der Waals surface area contributed by atoms with Crippen LogP contribution in [0.4, 0.5) is 5.82 Å². The average Bonchev–Trinajstić information content (AvgIpc) is 2.23. The number of halogens is 2. The summed E-state index contributed by atoms with van der Waals surface area (Å²) < 4.78 is 0.949. The lowest BCUT2D eigenvalue weighted by molar-refractivity contribution is 0.451. The first kappa shape index (κ1) is 11.1. The first-order chi connectivity index (χ1) is 7.18. The van der Waals surface area contributed by atoms with E-state index in [9.17, 15) is 0 Å². The lowest BCUT2D eigenvalue weighted by atomic mass is 10.00. The molecule has 0 aromatic carbocycles. The van der Waals surface area contributed by atoms with Crippen molar-refractivity contribution in [3.8, 4) is 0 Å². The molecule has 1 aliphatic heterocycles. The lowest BCUT2D eigenvalue weighted by Gasteiger charge is -2.35. The van der Waals surface area contributed by atoms with Crippen molar-refractivity contribution in [2.75, 3.05) is 18.0 Å². The van der Waals surface area contributed by atoms with Crippen molar-refractivity contribution in [1.29, 1.82) is 0 Å². The van der Waals surface area contributed by atoms with Gasteiger partial charge >= 0.3 is 0 Å². The van der Waals surface area contributed by atoms with E-state index in [1.165, 1.54) is 0 Å². The molecule has 0 saturated carbocycles. The number of anilines is 1. The van der Waals surface area contributed by atoms with Crippen LogP contribution in [0.2, 0.25) is 0 Å². The van der Waals surface area contributed by atoms with E-state index in [2.05, 4.69) is 37.7 Å². The number of alkyl halides is 1. The average molecular weight is 291 g/mol. The third-order valence-corrected chi connectivity index (χ3v) is 3.96. The molecule has 5 heteroatoms. The smallest absolute Gasteiger partial charge is 0.146 e. The molecule has 1 saturated heterocycles. The van der Waals surface area contributed by atoms with E-state index in [-0.39, 0.29) is 0 Å². The first-order valence-electron chi connectivity index (χ1n) is 5.03. The highest BCUT2D eigenvalue weighted by Crippen LogP contribution is 2.28. The highest BCUT2D eigenvalue weighted by atomic mass is 79.9. The number of aromatic nitrogens is 2. The molecular weight excluding hydrogens is 277 g/mol. The van der Waals surface area contributed by atoms with Crippen LogP contribution in [0, 0.1) is 5.92 Å². The van der Waals surface area contributed by atoms with E-state index in [0.717, 1.165) is 29.8 Å². The highest BCUT2D eigenvalue weighted by Gasteiger charge is 2.25. The molecule has 1 aromatic heterocycles. The molecule has 0 radical (unpaired) electrons. The molecule has 82 valence electrons. The van der Waals surface area contributed by atoms with E-state index in [1.54, 1.807) is 12.5 Å². The van der Waals surface area contributed by atoms with Crippen LogP contribution < -0.4 is 4.90 Å². The molecule has 2 rings (SSSR count). The second kappa shape index (κ2) is 4.66. The van der Waals surface area contributed by atoms with Gasteiger partial charge in [0.15, 0.2) is 0 Å². The summed E-state index contributed by atoms with van der Waals surface area (Å²) in [4.78, 5) is 10.5. The highest BCUT2D eigenvalue weighted by molar-refractivity contribution is 9.10. The van der Waals surface area contributed by atoms with Crippen LogP contribution >= 0.6 is 27.5 Å². The second-order valence-corrected chi connectivity index (χ2v) is 5.34. The number of hydrogen-bond acceptors (Lipinski definition) is 3. The standard InChI is InChI=1S/C10H13BrClN3/c1-7-5-15(3-2-9(7)12)10-8(11)4-13-6-14-10/h4,6-7,9H,2-3,5H2,1H3. The summed E-state index contributed by atoms with van der Waals surface area (Å²) in [5, 5.41) is 0.293. The zero-order valence-corrected chi connectivity index (χ0v) is 10.9. The molecule has 1 aromatic rings. The molecule has 0 N–H and O–H groups in total. The summed E-state index contributed by atoms with van der Waals surface area (Å²) in [6.45, 7) is 4.11. The van der Waals surface area contributed by atoms with Crippen LogP contribution in [-0.2, 0) is 0 Å². The Labute approximate surface area is 103 Å². The zero-order chi connectivity index (χ0) is 10.8. The Hall–Kier alpha value is -0.350. The number of hydrogen-bond donors (Lipinski definition) is 0. The maximum absolute atomic E-state index is 6.19. The quantitative estimate of drug-likeness (QED) is 0.745. The molecule has 3 nitrogen and oxygen atoms in total. The molecule has 0 amide bonds. The third kappa shape index (κ3) is 2.42. The van der Waals surface area contributed by atoms with Crippen LogP contribution in [0.5, 0.6) is 0 Å². The topological polar surface area (TPSA) is 29.0 Å². The fourth-order valence-corrected chi connectivity index (χ4v) is 2.50. The SMILES string of the molecule is CC1CN(c2ncncc2Br)CCC1Cl. The Balaban J connectivity index is 2.15. The predicted molar refractivity (Wildman–Crippen MR) is 65.4 cm³/mol. The van der Waals surface area contributed by atoms with E-state index in [1.807, 2.05) is 0 Å². The molecule has 0 aliphatic carbocycles. The van der Waals surface area contributed by atoms with Gasteiger partial charge in [0, 0.05) is 24.7 Å². The van der Waals surface area contributed by atoms with Crippen molar-refractivity contribution < 1.29 is 0 Å². The fraction of sp³-hybridized carbons (Fsp3) is 0.600. The monoisotopic (exact) mass is 289 g/mol. The Kier molecular flexibility index (Phi) is 3.46. The zero-order valence-electron chi connectivity index (χ0n) is 8.53. The normalized spacial score (nSPS) is 26.7. The minimum atomic E-state index is 0.293. The van der Waals surface area contributed by atoms with Crippen LogP contribution in [0.1, 0.15) is 13.3 Å². The first-order valence-corrected chi connectivity index (χ1v) is 6.26. The van der Waals surface area contributed by atoms with Crippen LogP contribution in [0.15, 0.2) is 17.0 Å². The van der Waals surface area contributed by atoms with Gasteiger partial charge in [-0.25, -0.2) is 9.97 Å². The van der Waals surface area contributed by atoms with Crippen LogP contribution in [0.3, 0.4) is 0 Å². The van der Waals surface area contributed by atoms with Gasteiger partial charge in [0.2, 0.25) is 0 Å². The van der Waals surface area contributed by atoms with Gasteiger partial charge in [-0.15, -0.1) is 11.6 Å². The van der Waals surface area contributed by atoms with E-state index >= 15 is 0 Å². The molecule has 2 heterocycles. The maximum Gasteiger partial charge on any atom is 0.146 e. The van der Waals surface area contributed by atoms with Crippen LogP contribution in [0.25, 0.3) is 0 Å². The van der Waals surface area contributed by atoms with E-state index < -0.39 is 0 Å². The molecular formula is C10H13BrClN3. The molecule has 1 aliphatic rings. The predicted octanol–water partition coefficient (Wildman–Crippen LogP) is 2.69. The number of rotatable bonds is 1. The second-order valence-electron chi connectivity index (χ2n) is 3.92. The van der Waals surface area contributed by atoms with Crippen molar-refractivity contribution >= 4 is 33.3 Å². The Morgan fingerprint density at radius 2 is 2.40 bits per heavy atom. The third-order valence-electron chi connectivity index (χ3n) is 2.75. The Bertz CT molecular complexity index is 347. The van der Waals surface area contributed by atoms with Crippen molar-refractivity contribution in [2.24, 2.45) is 5.92 Å². The van der Waals surface area contributed by atoms with Gasteiger partial charge in [0.1, 0.15) is 12.1 Å². The minimum Gasteiger partial charge on any atom is -0.355 e. The summed E-state index contributed by atoms with van der Waals surface area (Å²) >= 11 is 9.66. The van der Waals surface area contributed by atoms with Gasteiger partial charge in [0.25, 0.3) is 0 Å². The lowest BCUT2D eigenvalue weighted by Crippen LogP contribution is -2.40. The van der Waals surface area contributed by atoms with Crippen molar-refractivity contribution in [2.45, 2.75) is 18.7 Å². The van der Waals surface area contributed by atoms with Crippen molar-refractivity contribution in [3.05, 3.63) is 17.0 Å². The minimum absolute atomic E-state index is 0.293. The van der Waals surface area contributed by atoms with Gasteiger partial charge in [-0.1, -0.05) is 6.92 Å². The fourth-order valence-electron chi connectivity index (χ4n) is 1.85. The summed E-state index contributed by atoms with van der Waals surface area (Å²) in [5.41, 5.74) is 0. The van der Waals surface area contributed by atoms with Gasteiger partial charge in [-0.3, -0.25) is 0 Å². The largest absolute Gasteiger partial charge is 0.355 e. The molecule has 0 spiro atoms. The van der Waals surface area contributed by atoms with E-state index in [4.69, 9.17) is 11.6 Å².